The Morgan fingerprint density at radius 2 is 1.73 bits per heavy atom. The summed E-state index contributed by atoms with van der Waals surface area (Å²) in [6.07, 6.45) is 6.43. The largest absolute Gasteiger partial charge is 0.493 e. The summed E-state index contributed by atoms with van der Waals surface area (Å²) >= 11 is 0. The van der Waals surface area contributed by atoms with E-state index in [-0.39, 0.29) is 13.0 Å². The van der Waals surface area contributed by atoms with E-state index in [1.807, 2.05) is 68.0 Å². The number of ether oxygens (including phenoxy) is 2. The third kappa shape index (κ3) is 5.63. The fraction of sp³-hybridized carbons (Fsp3) is 0.211. The summed E-state index contributed by atoms with van der Waals surface area (Å²) in [6, 6.07) is 24.4. The van der Waals surface area contributed by atoms with Crippen LogP contribution in [0.2, 0.25) is 0 Å². The summed E-state index contributed by atoms with van der Waals surface area (Å²) < 4.78 is 11.5. The number of rotatable bonds is 7. The summed E-state index contributed by atoms with van der Waals surface area (Å²) in [6.45, 7) is 5.81. The second-order valence-electron chi connectivity index (χ2n) is 12.2. The van der Waals surface area contributed by atoms with Crippen molar-refractivity contribution in [3.05, 3.63) is 108 Å². The van der Waals surface area contributed by atoms with E-state index in [0.717, 1.165) is 72.8 Å². The van der Waals surface area contributed by atoms with Crippen LogP contribution in [-0.2, 0) is 22.4 Å². The number of nitrogens with zero attached hydrogens (tertiary/aromatic N) is 3. The van der Waals surface area contributed by atoms with Gasteiger partial charge >= 0.3 is 5.97 Å². The van der Waals surface area contributed by atoms with Gasteiger partial charge in [-0.1, -0.05) is 48.5 Å². The lowest BCUT2D eigenvalue weighted by Gasteiger charge is -2.22. The highest BCUT2D eigenvalue weighted by molar-refractivity contribution is 6.09. The third-order valence-corrected chi connectivity index (χ3v) is 8.23. The maximum atomic E-state index is 13.1. The third-order valence-electron chi connectivity index (χ3n) is 8.23. The molecule has 0 amide bonds. The van der Waals surface area contributed by atoms with Crippen molar-refractivity contribution in [1.82, 2.24) is 15.0 Å². The van der Waals surface area contributed by atoms with Crippen molar-refractivity contribution in [2.24, 2.45) is 0 Å². The summed E-state index contributed by atoms with van der Waals surface area (Å²) in [7, 11) is 0. The van der Waals surface area contributed by atoms with E-state index in [1.165, 1.54) is 5.56 Å². The zero-order valence-corrected chi connectivity index (χ0v) is 25.5. The Morgan fingerprint density at radius 1 is 0.933 bits per heavy atom. The van der Waals surface area contributed by atoms with Gasteiger partial charge in [-0.05, 0) is 83.6 Å². The van der Waals surface area contributed by atoms with Gasteiger partial charge in [0.2, 0.25) is 0 Å². The molecule has 7 heteroatoms. The van der Waals surface area contributed by atoms with Gasteiger partial charge in [-0.15, -0.1) is 0 Å². The van der Waals surface area contributed by atoms with Gasteiger partial charge < -0.3 is 14.6 Å². The molecule has 4 aromatic carbocycles. The first-order valence-corrected chi connectivity index (χ1v) is 15.1. The Kier molecular flexibility index (Phi) is 7.26. The number of aromatic nitrogens is 3. The molecule has 0 saturated heterocycles. The minimum Gasteiger partial charge on any atom is -0.493 e. The lowest BCUT2D eigenvalue weighted by Crippen LogP contribution is -2.28. The maximum Gasteiger partial charge on any atom is 0.310 e. The number of aliphatic hydroxyl groups is 1. The van der Waals surface area contributed by atoms with Crippen LogP contribution < -0.4 is 4.74 Å². The van der Waals surface area contributed by atoms with Gasteiger partial charge in [-0.2, -0.15) is 0 Å². The minimum absolute atomic E-state index is 0.0587. The molecule has 1 aliphatic heterocycles. The Hall–Kier alpha value is -5.14. The molecule has 0 unspecified atom stereocenters. The molecule has 0 fully saturated rings. The van der Waals surface area contributed by atoms with Gasteiger partial charge in [-0.3, -0.25) is 9.78 Å². The molecule has 0 saturated carbocycles. The van der Waals surface area contributed by atoms with Crippen molar-refractivity contribution in [3.63, 3.8) is 0 Å². The van der Waals surface area contributed by atoms with Gasteiger partial charge in [-0.25, -0.2) is 9.97 Å². The van der Waals surface area contributed by atoms with Gasteiger partial charge in [0.15, 0.2) is 5.82 Å². The topological polar surface area (TPSA) is 94.4 Å². The molecule has 1 N–H and O–H groups in total. The predicted octanol–water partition coefficient (Wildman–Crippen LogP) is 7.28. The average Bonchev–Trinajstić information content (AvgIpc) is 3.05. The number of carbonyl (C=O) groups excluding carboxylic acids is 1. The van der Waals surface area contributed by atoms with E-state index in [2.05, 4.69) is 40.3 Å². The van der Waals surface area contributed by atoms with Crippen LogP contribution in [0.15, 0.2) is 91.4 Å². The van der Waals surface area contributed by atoms with Crippen molar-refractivity contribution in [3.8, 4) is 39.4 Å². The lowest BCUT2D eigenvalue weighted by molar-refractivity contribution is -0.149. The fourth-order valence-corrected chi connectivity index (χ4v) is 6.07. The Morgan fingerprint density at radius 3 is 2.51 bits per heavy atom. The van der Waals surface area contributed by atoms with Crippen molar-refractivity contribution in [2.75, 3.05) is 13.2 Å². The first-order valence-electron chi connectivity index (χ1n) is 15.1. The number of aryl methyl sites for hydroxylation is 1. The maximum absolute atomic E-state index is 13.1. The number of pyridine rings is 1. The van der Waals surface area contributed by atoms with Crippen LogP contribution in [0.5, 0.6) is 5.75 Å². The minimum atomic E-state index is -1.11. The number of hydrogen-bond acceptors (Lipinski definition) is 7. The molecule has 7 nitrogen and oxygen atoms in total. The summed E-state index contributed by atoms with van der Waals surface area (Å²) in [5.74, 6) is 1.11. The predicted molar refractivity (Wildman–Crippen MR) is 176 cm³/mol. The van der Waals surface area contributed by atoms with Crippen molar-refractivity contribution >= 4 is 27.6 Å². The van der Waals surface area contributed by atoms with Gasteiger partial charge in [0.05, 0.1) is 24.1 Å². The smallest absolute Gasteiger partial charge is 0.310 e. The van der Waals surface area contributed by atoms with Crippen molar-refractivity contribution in [1.29, 1.82) is 0 Å². The van der Waals surface area contributed by atoms with Crippen LogP contribution in [0.1, 0.15) is 30.5 Å². The van der Waals surface area contributed by atoms with Crippen LogP contribution in [0.4, 0.5) is 0 Å². The highest BCUT2D eigenvalue weighted by Gasteiger charge is 2.24. The molecule has 0 radical (unpaired) electrons. The number of fused-ring (bicyclic) bond motifs is 1. The Bertz CT molecular complexity index is 2060. The zero-order valence-electron chi connectivity index (χ0n) is 25.5. The number of carbonyl (C=O) groups is 1. The van der Waals surface area contributed by atoms with Gasteiger partial charge in [0.1, 0.15) is 12.4 Å². The summed E-state index contributed by atoms with van der Waals surface area (Å²) in [5.41, 5.74) is 7.51. The Labute approximate surface area is 261 Å². The zero-order chi connectivity index (χ0) is 31.1. The molecule has 1 aliphatic rings. The molecular weight excluding hydrogens is 562 g/mol. The molecule has 0 spiro atoms. The van der Waals surface area contributed by atoms with E-state index in [1.54, 1.807) is 13.8 Å². The monoisotopic (exact) mass is 595 g/mol. The van der Waals surface area contributed by atoms with Gasteiger partial charge in [0, 0.05) is 47.1 Å². The molecule has 224 valence electrons. The molecule has 0 aliphatic carbocycles. The van der Waals surface area contributed by atoms with Crippen LogP contribution in [0.25, 0.3) is 55.3 Å². The Balaban J connectivity index is 1.37. The molecule has 2 aromatic heterocycles. The number of benzene rings is 4. The van der Waals surface area contributed by atoms with Crippen LogP contribution in [0.3, 0.4) is 0 Å². The van der Waals surface area contributed by atoms with E-state index >= 15 is 0 Å². The molecule has 0 bridgehead atoms. The highest BCUT2D eigenvalue weighted by Crippen LogP contribution is 2.43. The van der Waals surface area contributed by atoms with Crippen molar-refractivity contribution in [2.45, 2.75) is 39.2 Å². The lowest BCUT2D eigenvalue weighted by atomic mass is 9.86. The van der Waals surface area contributed by atoms with Crippen LogP contribution >= 0.6 is 0 Å². The molecule has 3 heterocycles. The second-order valence-corrected chi connectivity index (χ2v) is 12.2. The van der Waals surface area contributed by atoms with Crippen molar-refractivity contribution < 1.29 is 19.4 Å². The SMILES string of the molecule is Cc1cc2cc(-c3cnc(-c4ccccc4)nc3)ccc2c(-c2ccc3c4c(ccnc24)CCO3)c1CC(=O)OCC(C)(C)O. The molecule has 0 atom stereocenters. The normalized spacial score (nSPS) is 12.7. The highest BCUT2D eigenvalue weighted by atomic mass is 16.5. The number of hydrogen-bond donors (Lipinski definition) is 1. The first-order chi connectivity index (χ1) is 21.7. The average molecular weight is 596 g/mol. The standard InChI is InChI=1S/C38H33N3O4/c1-23-17-27-18-26(28-20-40-37(41-21-28)25-7-5-4-6-8-25)9-10-29(27)35(31(23)19-33(42)45-22-38(2,3)43)30-11-12-32-34-24(14-16-44-32)13-15-39-36(30)34/h4-13,15,17-18,20-21,43H,14,16,19,22H2,1-3H3. The van der Waals surface area contributed by atoms with E-state index < -0.39 is 11.6 Å². The van der Waals surface area contributed by atoms with Crippen LogP contribution in [-0.4, -0.2) is 44.8 Å². The second kappa shape index (κ2) is 11.4. The fourth-order valence-electron chi connectivity index (χ4n) is 6.07. The van der Waals surface area contributed by atoms with E-state index in [0.29, 0.717) is 12.4 Å². The molecule has 45 heavy (non-hydrogen) atoms. The van der Waals surface area contributed by atoms with E-state index in [9.17, 15) is 9.90 Å². The molecule has 7 rings (SSSR count). The summed E-state index contributed by atoms with van der Waals surface area (Å²) in [5, 5.41) is 13.2. The van der Waals surface area contributed by atoms with E-state index in [4.69, 9.17) is 14.5 Å². The number of esters is 1. The molecular formula is C38H33N3O4. The first kappa shape index (κ1) is 28.6. The molecule has 6 aromatic rings. The van der Waals surface area contributed by atoms with Gasteiger partial charge in [0.25, 0.3) is 0 Å². The van der Waals surface area contributed by atoms with Crippen LogP contribution in [0, 0.1) is 6.92 Å². The summed E-state index contributed by atoms with van der Waals surface area (Å²) in [4.78, 5) is 27.2. The quantitative estimate of drug-likeness (QED) is 0.194.